The maximum atomic E-state index is 13.2. The Morgan fingerprint density at radius 1 is 1.03 bits per heavy atom. The molecule has 0 unspecified atom stereocenters. The van der Waals surface area contributed by atoms with E-state index < -0.39 is 0 Å². The van der Waals surface area contributed by atoms with E-state index in [0.717, 1.165) is 46.5 Å². The summed E-state index contributed by atoms with van der Waals surface area (Å²) in [4.78, 5) is 19.7. The maximum Gasteiger partial charge on any atom is 0.255 e. The maximum absolute atomic E-state index is 13.2. The van der Waals surface area contributed by atoms with Gasteiger partial charge in [-0.05, 0) is 56.2 Å². The minimum atomic E-state index is 0.0444. The van der Waals surface area contributed by atoms with Crippen LogP contribution in [0.1, 0.15) is 40.0 Å². The summed E-state index contributed by atoms with van der Waals surface area (Å²) < 4.78 is 11.5. The van der Waals surface area contributed by atoms with Gasteiger partial charge in [-0.2, -0.15) is 0 Å². The number of ether oxygens (including phenoxy) is 2. The second-order valence-corrected chi connectivity index (χ2v) is 8.06. The first-order valence-electron chi connectivity index (χ1n) is 10.4. The number of hydrogen-bond donors (Lipinski definition) is 0. The molecule has 5 nitrogen and oxygen atoms in total. The molecule has 0 saturated carbocycles. The molecule has 1 aromatic heterocycles. The molecule has 0 N–H and O–H groups in total. The Morgan fingerprint density at radius 3 is 2.53 bits per heavy atom. The van der Waals surface area contributed by atoms with Crippen molar-refractivity contribution in [3.63, 3.8) is 0 Å². The molecule has 1 aliphatic rings. The Balaban J connectivity index is 1.45. The molecule has 0 atom stereocenters. The van der Waals surface area contributed by atoms with Gasteiger partial charge in [-0.25, -0.2) is 0 Å². The van der Waals surface area contributed by atoms with E-state index in [2.05, 4.69) is 37.0 Å². The van der Waals surface area contributed by atoms with Crippen molar-refractivity contribution in [2.45, 2.75) is 39.7 Å². The Kier molecular flexibility index (Phi) is 5.62. The van der Waals surface area contributed by atoms with Crippen LogP contribution >= 0.6 is 0 Å². The quantitative estimate of drug-likeness (QED) is 0.624. The highest BCUT2D eigenvalue weighted by molar-refractivity contribution is 5.98. The number of methoxy groups -OCH3 is 1. The van der Waals surface area contributed by atoms with E-state index in [1.54, 1.807) is 7.11 Å². The second kappa shape index (κ2) is 8.34. The van der Waals surface area contributed by atoms with Crippen molar-refractivity contribution in [1.82, 2.24) is 9.88 Å². The lowest BCUT2D eigenvalue weighted by Crippen LogP contribution is -2.42. The molecule has 156 valence electrons. The van der Waals surface area contributed by atoms with E-state index in [-0.39, 0.29) is 12.0 Å². The van der Waals surface area contributed by atoms with Gasteiger partial charge in [-0.1, -0.05) is 12.1 Å². The Hall–Kier alpha value is -3.08. The number of benzene rings is 2. The fourth-order valence-electron chi connectivity index (χ4n) is 3.95. The standard InChI is InChI=1S/C25H28N2O3/c1-16-5-6-17(2)24(13-16)30-20-9-11-27(12-10-20)25(28)22-14-19-7-8-21(29-4)15-23(19)26-18(22)3/h5-8,13-15,20H,9-12H2,1-4H3. The molecule has 5 heteroatoms. The minimum Gasteiger partial charge on any atom is -0.497 e. The lowest BCUT2D eigenvalue weighted by molar-refractivity contribution is 0.0593. The SMILES string of the molecule is COc1ccc2cc(C(=O)N3CCC(Oc4cc(C)ccc4C)CC3)c(C)nc2c1. The zero-order valence-corrected chi connectivity index (χ0v) is 18.1. The van der Waals surface area contributed by atoms with Crippen molar-refractivity contribution in [2.75, 3.05) is 20.2 Å². The smallest absolute Gasteiger partial charge is 0.255 e. The molecule has 0 radical (unpaired) electrons. The summed E-state index contributed by atoms with van der Waals surface area (Å²) in [5.41, 5.74) is 4.59. The molecule has 1 fully saturated rings. The van der Waals surface area contributed by atoms with E-state index in [4.69, 9.17) is 9.47 Å². The summed E-state index contributed by atoms with van der Waals surface area (Å²) in [7, 11) is 1.64. The molecule has 2 aromatic carbocycles. The number of pyridine rings is 1. The first kappa shape index (κ1) is 20.2. The topological polar surface area (TPSA) is 51.7 Å². The number of piperidine rings is 1. The highest BCUT2D eigenvalue weighted by Gasteiger charge is 2.26. The van der Waals surface area contributed by atoms with E-state index in [1.807, 2.05) is 36.1 Å². The van der Waals surface area contributed by atoms with Crippen LogP contribution in [0.3, 0.4) is 0 Å². The van der Waals surface area contributed by atoms with Crippen LogP contribution in [0.25, 0.3) is 10.9 Å². The number of carbonyl (C=O) groups excluding carboxylic acids is 1. The number of aryl methyl sites for hydroxylation is 3. The predicted octanol–water partition coefficient (Wildman–Crippen LogP) is 4.85. The largest absolute Gasteiger partial charge is 0.497 e. The predicted molar refractivity (Wildman–Crippen MR) is 119 cm³/mol. The van der Waals surface area contributed by atoms with Crippen molar-refractivity contribution in [2.24, 2.45) is 0 Å². The molecule has 1 aliphatic heterocycles. The minimum absolute atomic E-state index is 0.0444. The number of nitrogens with zero attached hydrogens (tertiary/aromatic N) is 2. The molecule has 0 spiro atoms. The number of hydrogen-bond acceptors (Lipinski definition) is 4. The molecule has 1 amide bonds. The van der Waals surface area contributed by atoms with Gasteiger partial charge in [0.1, 0.15) is 17.6 Å². The molecule has 0 bridgehead atoms. The van der Waals surface area contributed by atoms with Gasteiger partial charge in [-0.15, -0.1) is 0 Å². The summed E-state index contributed by atoms with van der Waals surface area (Å²) in [5.74, 6) is 1.76. The number of likely N-dealkylation sites (tertiary alicyclic amines) is 1. The van der Waals surface area contributed by atoms with Gasteiger partial charge >= 0.3 is 0 Å². The first-order chi connectivity index (χ1) is 14.4. The highest BCUT2D eigenvalue weighted by atomic mass is 16.5. The Labute approximate surface area is 177 Å². The van der Waals surface area contributed by atoms with Gasteiger partial charge in [0, 0.05) is 37.4 Å². The summed E-state index contributed by atoms with van der Waals surface area (Å²) in [5, 5.41) is 0.942. The van der Waals surface area contributed by atoms with Crippen LogP contribution in [0, 0.1) is 20.8 Å². The third-order valence-corrected chi connectivity index (χ3v) is 5.81. The molecule has 3 aromatic rings. The number of carbonyl (C=O) groups is 1. The summed E-state index contributed by atoms with van der Waals surface area (Å²) in [6.45, 7) is 7.41. The van der Waals surface area contributed by atoms with Crippen molar-refractivity contribution in [3.8, 4) is 11.5 Å². The van der Waals surface area contributed by atoms with Gasteiger partial charge < -0.3 is 14.4 Å². The van der Waals surface area contributed by atoms with Gasteiger partial charge in [0.2, 0.25) is 0 Å². The Morgan fingerprint density at radius 2 is 1.80 bits per heavy atom. The third kappa shape index (κ3) is 4.11. The van der Waals surface area contributed by atoms with Crippen LogP contribution in [0.5, 0.6) is 11.5 Å². The normalized spacial score (nSPS) is 14.7. The summed E-state index contributed by atoms with van der Waals surface area (Å²) >= 11 is 0. The molecular formula is C25H28N2O3. The second-order valence-electron chi connectivity index (χ2n) is 8.06. The molecular weight excluding hydrogens is 376 g/mol. The Bertz CT molecular complexity index is 1090. The zero-order valence-electron chi connectivity index (χ0n) is 18.1. The fourth-order valence-corrected chi connectivity index (χ4v) is 3.95. The molecule has 4 rings (SSSR count). The summed E-state index contributed by atoms with van der Waals surface area (Å²) in [6, 6.07) is 14.0. The van der Waals surface area contributed by atoms with Crippen LogP contribution in [-0.2, 0) is 0 Å². The van der Waals surface area contributed by atoms with Crippen LogP contribution in [0.4, 0.5) is 0 Å². The molecule has 1 saturated heterocycles. The lowest BCUT2D eigenvalue weighted by atomic mass is 10.0. The van der Waals surface area contributed by atoms with E-state index in [0.29, 0.717) is 18.7 Å². The molecule has 30 heavy (non-hydrogen) atoms. The monoisotopic (exact) mass is 404 g/mol. The van der Waals surface area contributed by atoms with Crippen LogP contribution in [-0.4, -0.2) is 42.1 Å². The van der Waals surface area contributed by atoms with Gasteiger partial charge in [-0.3, -0.25) is 9.78 Å². The lowest BCUT2D eigenvalue weighted by Gasteiger charge is -2.33. The highest BCUT2D eigenvalue weighted by Crippen LogP contribution is 2.26. The molecule has 0 aliphatic carbocycles. The van der Waals surface area contributed by atoms with E-state index >= 15 is 0 Å². The van der Waals surface area contributed by atoms with Crippen molar-refractivity contribution in [1.29, 1.82) is 0 Å². The molecule has 2 heterocycles. The van der Waals surface area contributed by atoms with Gasteiger partial charge in [0.25, 0.3) is 5.91 Å². The number of rotatable bonds is 4. The van der Waals surface area contributed by atoms with Gasteiger partial charge in [0.15, 0.2) is 0 Å². The average Bonchev–Trinajstić information content (AvgIpc) is 2.75. The number of fused-ring (bicyclic) bond motifs is 1. The fraction of sp³-hybridized carbons (Fsp3) is 0.360. The van der Waals surface area contributed by atoms with Crippen molar-refractivity contribution >= 4 is 16.8 Å². The van der Waals surface area contributed by atoms with E-state index in [9.17, 15) is 4.79 Å². The first-order valence-corrected chi connectivity index (χ1v) is 10.4. The van der Waals surface area contributed by atoms with Crippen LogP contribution in [0.15, 0.2) is 42.5 Å². The number of aromatic nitrogens is 1. The number of amides is 1. The third-order valence-electron chi connectivity index (χ3n) is 5.81. The van der Waals surface area contributed by atoms with Crippen LogP contribution in [0.2, 0.25) is 0 Å². The van der Waals surface area contributed by atoms with Gasteiger partial charge in [0.05, 0.1) is 23.9 Å². The van der Waals surface area contributed by atoms with Crippen LogP contribution < -0.4 is 9.47 Å². The average molecular weight is 405 g/mol. The van der Waals surface area contributed by atoms with Crippen molar-refractivity contribution in [3.05, 3.63) is 64.8 Å². The summed E-state index contributed by atoms with van der Waals surface area (Å²) in [6.07, 6.45) is 1.80. The van der Waals surface area contributed by atoms with Crippen molar-refractivity contribution < 1.29 is 14.3 Å². The van der Waals surface area contributed by atoms with E-state index in [1.165, 1.54) is 5.56 Å². The zero-order chi connectivity index (χ0) is 21.3.